The Balaban J connectivity index is 3.18. The lowest BCUT2D eigenvalue weighted by atomic mass is 10.3. The molecule has 1 radical (unpaired) electrons. The number of nitrogens with one attached hydrogen (secondary N) is 1. The third-order valence-electron chi connectivity index (χ3n) is 1.18. The number of halogens is 3. The summed E-state index contributed by atoms with van der Waals surface area (Å²) in [5.41, 5.74) is -0.119. The Kier molecular flexibility index (Phi) is 2.75. The standard InChI is InChI=1S/C7H3BrF2NO/c8-5-1-4(9)2-6(10)7(5)11-3-12/h1-2H,(H,11,12). The van der Waals surface area contributed by atoms with E-state index >= 15 is 0 Å². The van der Waals surface area contributed by atoms with E-state index in [2.05, 4.69) is 15.9 Å². The van der Waals surface area contributed by atoms with Crippen LogP contribution in [-0.2, 0) is 4.79 Å². The third kappa shape index (κ3) is 1.79. The molecule has 0 aliphatic carbocycles. The normalized spacial score (nSPS) is 9.58. The molecular weight excluding hydrogens is 232 g/mol. The number of anilines is 1. The molecule has 1 rings (SSSR count). The fourth-order valence-electron chi connectivity index (χ4n) is 0.713. The zero-order chi connectivity index (χ0) is 9.14. The average Bonchev–Trinajstić information content (AvgIpc) is 1.96. The number of amides is 1. The highest BCUT2D eigenvalue weighted by atomic mass is 79.9. The van der Waals surface area contributed by atoms with Gasteiger partial charge in [0.05, 0.1) is 5.69 Å². The molecule has 12 heavy (non-hydrogen) atoms. The van der Waals surface area contributed by atoms with Gasteiger partial charge in [-0.05, 0) is 22.0 Å². The Morgan fingerprint density at radius 1 is 1.42 bits per heavy atom. The van der Waals surface area contributed by atoms with E-state index in [4.69, 9.17) is 0 Å². The second-order valence-electron chi connectivity index (χ2n) is 1.97. The first-order valence-electron chi connectivity index (χ1n) is 2.93. The highest BCUT2D eigenvalue weighted by molar-refractivity contribution is 9.10. The van der Waals surface area contributed by atoms with Gasteiger partial charge in [-0.1, -0.05) is 0 Å². The first-order valence-corrected chi connectivity index (χ1v) is 3.72. The lowest BCUT2D eigenvalue weighted by Gasteiger charge is -2.02. The summed E-state index contributed by atoms with van der Waals surface area (Å²) in [5.74, 6) is -1.55. The summed E-state index contributed by atoms with van der Waals surface area (Å²) < 4.78 is 25.4. The molecule has 1 aromatic carbocycles. The summed E-state index contributed by atoms with van der Waals surface area (Å²) in [4.78, 5) is 9.85. The number of benzene rings is 1. The predicted octanol–water partition coefficient (Wildman–Crippen LogP) is 2.21. The predicted molar refractivity (Wildman–Crippen MR) is 43.4 cm³/mol. The average molecular weight is 235 g/mol. The van der Waals surface area contributed by atoms with Gasteiger partial charge >= 0.3 is 6.41 Å². The number of rotatable bonds is 2. The molecule has 0 heterocycles. The maximum absolute atomic E-state index is 12.8. The molecule has 0 saturated heterocycles. The van der Waals surface area contributed by atoms with Crippen molar-refractivity contribution in [1.29, 1.82) is 0 Å². The number of hydrogen-bond donors (Lipinski definition) is 1. The van der Waals surface area contributed by atoms with Crippen molar-refractivity contribution in [1.82, 2.24) is 0 Å². The van der Waals surface area contributed by atoms with Crippen LogP contribution in [0.2, 0.25) is 0 Å². The Bertz CT molecular complexity index is 293. The highest BCUT2D eigenvalue weighted by Gasteiger charge is 2.08. The summed E-state index contributed by atoms with van der Waals surface area (Å²) >= 11 is 2.88. The van der Waals surface area contributed by atoms with E-state index in [1.807, 2.05) is 5.32 Å². The third-order valence-corrected chi connectivity index (χ3v) is 1.81. The van der Waals surface area contributed by atoms with Crippen LogP contribution in [0, 0.1) is 11.6 Å². The first kappa shape index (κ1) is 9.12. The second-order valence-corrected chi connectivity index (χ2v) is 2.83. The fraction of sp³-hybridized carbons (Fsp3) is 0. The van der Waals surface area contributed by atoms with Gasteiger partial charge in [-0.2, -0.15) is 0 Å². The Labute approximate surface area is 75.7 Å². The van der Waals surface area contributed by atoms with Gasteiger partial charge in [0.2, 0.25) is 0 Å². The van der Waals surface area contributed by atoms with Crippen molar-refractivity contribution in [2.24, 2.45) is 0 Å². The maximum Gasteiger partial charge on any atom is 0.314 e. The largest absolute Gasteiger partial charge is 0.314 e. The van der Waals surface area contributed by atoms with E-state index in [-0.39, 0.29) is 10.2 Å². The summed E-state index contributed by atoms with van der Waals surface area (Å²) in [6.07, 6.45) is 1.29. The van der Waals surface area contributed by atoms with Gasteiger partial charge in [0.15, 0.2) is 5.82 Å². The van der Waals surface area contributed by atoms with Crippen LogP contribution in [0.15, 0.2) is 16.6 Å². The molecule has 0 aliphatic heterocycles. The molecule has 0 aliphatic rings. The lowest BCUT2D eigenvalue weighted by molar-refractivity contribution is 0.558. The van der Waals surface area contributed by atoms with Crippen molar-refractivity contribution in [3.8, 4) is 0 Å². The number of carbonyl (C=O) groups excluding carboxylic acids is 1. The SMILES string of the molecule is O=[C]Nc1c(F)cc(F)cc1Br. The van der Waals surface area contributed by atoms with Crippen LogP contribution in [0.5, 0.6) is 0 Å². The molecule has 1 amide bonds. The van der Waals surface area contributed by atoms with Gasteiger partial charge in [-0.3, -0.25) is 4.79 Å². The molecule has 0 unspecified atom stereocenters. The van der Waals surface area contributed by atoms with Gasteiger partial charge in [0.25, 0.3) is 0 Å². The summed E-state index contributed by atoms with van der Waals surface area (Å²) in [6, 6.07) is 1.72. The van der Waals surface area contributed by atoms with Crippen LogP contribution in [0.4, 0.5) is 14.5 Å². The minimum absolute atomic E-state index is 0.119. The molecule has 5 heteroatoms. The zero-order valence-electron chi connectivity index (χ0n) is 5.70. The molecule has 0 saturated carbocycles. The van der Waals surface area contributed by atoms with Crippen molar-refractivity contribution >= 4 is 28.0 Å². The van der Waals surface area contributed by atoms with Gasteiger partial charge < -0.3 is 5.32 Å². The molecule has 2 nitrogen and oxygen atoms in total. The van der Waals surface area contributed by atoms with Crippen LogP contribution in [0.3, 0.4) is 0 Å². The van der Waals surface area contributed by atoms with Gasteiger partial charge in [-0.15, -0.1) is 0 Å². The van der Waals surface area contributed by atoms with Crippen molar-refractivity contribution < 1.29 is 13.6 Å². The van der Waals surface area contributed by atoms with Gasteiger partial charge in [0.1, 0.15) is 5.82 Å². The topological polar surface area (TPSA) is 29.1 Å². The van der Waals surface area contributed by atoms with E-state index in [9.17, 15) is 13.6 Å². The fourth-order valence-corrected chi connectivity index (χ4v) is 1.22. The minimum Gasteiger partial charge on any atom is -0.314 e. The van der Waals surface area contributed by atoms with Crippen LogP contribution in [0.25, 0.3) is 0 Å². The Hall–Kier alpha value is -0.970. The van der Waals surface area contributed by atoms with E-state index in [1.165, 1.54) is 6.41 Å². The van der Waals surface area contributed by atoms with E-state index in [0.29, 0.717) is 6.07 Å². The van der Waals surface area contributed by atoms with Crippen molar-refractivity contribution in [3.63, 3.8) is 0 Å². The highest BCUT2D eigenvalue weighted by Crippen LogP contribution is 2.25. The van der Waals surface area contributed by atoms with Crippen LogP contribution in [-0.4, -0.2) is 6.41 Å². The molecule has 63 valence electrons. The summed E-state index contributed by atoms with van der Waals surface area (Å²) in [7, 11) is 0. The van der Waals surface area contributed by atoms with E-state index in [0.717, 1.165) is 6.07 Å². The molecule has 0 spiro atoms. The summed E-state index contributed by atoms with van der Waals surface area (Å²) in [6.45, 7) is 0. The lowest BCUT2D eigenvalue weighted by Crippen LogP contribution is -1.98. The van der Waals surface area contributed by atoms with Gasteiger partial charge in [0, 0.05) is 10.5 Å². The second kappa shape index (κ2) is 3.62. The monoisotopic (exact) mass is 234 g/mol. The molecule has 0 aromatic heterocycles. The zero-order valence-corrected chi connectivity index (χ0v) is 7.28. The molecule has 0 bridgehead atoms. The van der Waals surface area contributed by atoms with E-state index in [1.54, 1.807) is 0 Å². The first-order chi connectivity index (χ1) is 5.65. The molecular formula is C7H3BrF2NO. The van der Waals surface area contributed by atoms with Gasteiger partial charge in [-0.25, -0.2) is 8.78 Å². The maximum atomic E-state index is 12.8. The molecule has 0 fully saturated rings. The summed E-state index contributed by atoms with van der Waals surface area (Å²) in [5, 5.41) is 1.98. The van der Waals surface area contributed by atoms with Crippen LogP contribution >= 0.6 is 15.9 Å². The minimum atomic E-state index is -0.842. The van der Waals surface area contributed by atoms with Crippen molar-refractivity contribution in [2.75, 3.05) is 5.32 Å². The van der Waals surface area contributed by atoms with E-state index < -0.39 is 11.6 Å². The molecule has 1 aromatic rings. The van der Waals surface area contributed by atoms with Crippen LogP contribution < -0.4 is 5.32 Å². The molecule has 0 atom stereocenters. The quantitative estimate of drug-likeness (QED) is 0.782. The smallest absolute Gasteiger partial charge is 0.314 e. The Morgan fingerprint density at radius 3 is 2.58 bits per heavy atom. The Morgan fingerprint density at radius 2 is 2.08 bits per heavy atom. The van der Waals surface area contributed by atoms with Crippen molar-refractivity contribution in [3.05, 3.63) is 28.2 Å². The van der Waals surface area contributed by atoms with Crippen LogP contribution in [0.1, 0.15) is 0 Å². The molecule has 1 N–H and O–H groups in total. The number of hydrogen-bond acceptors (Lipinski definition) is 1. The van der Waals surface area contributed by atoms with Crippen molar-refractivity contribution in [2.45, 2.75) is 0 Å².